The Kier molecular flexibility index (Phi) is 6.12. The van der Waals surface area contributed by atoms with E-state index in [9.17, 15) is 27.9 Å². The number of aliphatic hydroxyl groups excluding tert-OH is 1. The molecule has 1 aliphatic heterocycles. The molecule has 1 aliphatic rings. The normalized spacial score (nSPS) is 19.2. The van der Waals surface area contributed by atoms with E-state index >= 15 is 0 Å². The highest BCUT2D eigenvalue weighted by Crippen LogP contribution is 2.32. The van der Waals surface area contributed by atoms with Gasteiger partial charge < -0.3 is 10.4 Å². The number of Topliss-reactive ketones (excluding diaryl/α,β-unsaturated/α-hetero) is 1. The highest BCUT2D eigenvalue weighted by Gasteiger charge is 2.30. The van der Waals surface area contributed by atoms with Gasteiger partial charge in [0, 0.05) is 12.5 Å². The number of nitrogens with one attached hydrogen (secondary N) is 1. The van der Waals surface area contributed by atoms with Crippen molar-refractivity contribution in [3.05, 3.63) is 64.7 Å². The number of hydrogen-bond acceptors (Lipinski definition) is 5. The monoisotopic (exact) mass is 445 g/mol. The van der Waals surface area contributed by atoms with Gasteiger partial charge in [-0.2, -0.15) is 13.2 Å². The van der Waals surface area contributed by atoms with Gasteiger partial charge in [-0.3, -0.25) is 14.2 Å². The van der Waals surface area contributed by atoms with Crippen LogP contribution in [-0.2, 0) is 17.5 Å². The van der Waals surface area contributed by atoms with Crippen molar-refractivity contribution in [3.8, 4) is 11.1 Å². The number of aromatic nitrogens is 2. The molecule has 32 heavy (non-hydrogen) atoms. The number of benzene rings is 2. The van der Waals surface area contributed by atoms with Crippen molar-refractivity contribution in [2.24, 2.45) is 0 Å². The quantitative estimate of drug-likeness (QED) is 0.631. The third kappa shape index (κ3) is 4.73. The van der Waals surface area contributed by atoms with Gasteiger partial charge in [0.2, 0.25) is 0 Å². The Morgan fingerprint density at radius 3 is 2.72 bits per heavy atom. The van der Waals surface area contributed by atoms with Crippen molar-refractivity contribution in [3.63, 3.8) is 0 Å². The molecule has 2 atom stereocenters. The minimum atomic E-state index is -4.47. The first-order valence-electron chi connectivity index (χ1n) is 10.3. The number of carbonyl (C=O) groups excluding carboxylic acids is 1. The van der Waals surface area contributed by atoms with E-state index in [1.165, 1.54) is 29.1 Å². The number of hydrogen-bond donors (Lipinski definition) is 2. The summed E-state index contributed by atoms with van der Waals surface area (Å²) in [4.78, 5) is 29.7. The Hall–Kier alpha value is -3.04. The van der Waals surface area contributed by atoms with Crippen LogP contribution in [-0.4, -0.2) is 39.1 Å². The Bertz CT molecular complexity index is 1210. The number of carbonyl (C=O) groups is 1. The molecule has 0 amide bonds. The summed E-state index contributed by atoms with van der Waals surface area (Å²) in [5, 5.41) is 13.4. The molecule has 2 heterocycles. The Balaban J connectivity index is 1.61. The van der Waals surface area contributed by atoms with Crippen LogP contribution in [0.15, 0.2) is 53.6 Å². The highest BCUT2D eigenvalue weighted by molar-refractivity contribution is 5.84. The minimum absolute atomic E-state index is 0.0932. The van der Waals surface area contributed by atoms with Crippen molar-refractivity contribution >= 4 is 16.7 Å². The van der Waals surface area contributed by atoms with E-state index < -0.39 is 23.4 Å². The van der Waals surface area contributed by atoms with Crippen LogP contribution in [0, 0.1) is 0 Å². The maximum Gasteiger partial charge on any atom is 0.416 e. The molecule has 168 valence electrons. The van der Waals surface area contributed by atoms with E-state index in [2.05, 4.69) is 10.3 Å². The van der Waals surface area contributed by atoms with Crippen LogP contribution in [0.3, 0.4) is 0 Å². The molecular formula is C23H22F3N3O3. The van der Waals surface area contributed by atoms with Crippen molar-refractivity contribution in [1.29, 1.82) is 0 Å². The smallest absolute Gasteiger partial charge is 0.391 e. The lowest BCUT2D eigenvalue weighted by Gasteiger charge is -2.28. The third-order valence-corrected chi connectivity index (χ3v) is 5.69. The molecule has 6 nitrogen and oxygen atoms in total. The summed E-state index contributed by atoms with van der Waals surface area (Å²) in [5.41, 5.74) is -0.0676. The van der Waals surface area contributed by atoms with Gasteiger partial charge >= 0.3 is 6.18 Å². The van der Waals surface area contributed by atoms with Gasteiger partial charge in [-0.05, 0) is 54.8 Å². The van der Waals surface area contributed by atoms with Crippen molar-refractivity contribution in [2.75, 3.05) is 6.54 Å². The second-order valence-corrected chi connectivity index (χ2v) is 8.00. The molecule has 1 aromatic heterocycles. The summed E-state index contributed by atoms with van der Waals surface area (Å²) in [6.45, 7) is 0.533. The van der Waals surface area contributed by atoms with Gasteiger partial charge in [0.15, 0.2) is 5.78 Å². The van der Waals surface area contributed by atoms with Crippen molar-refractivity contribution < 1.29 is 23.1 Å². The molecule has 0 saturated carbocycles. The summed E-state index contributed by atoms with van der Waals surface area (Å²) < 4.78 is 40.3. The lowest BCUT2D eigenvalue weighted by molar-refractivity contribution is -0.137. The maximum absolute atomic E-state index is 13.1. The van der Waals surface area contributed by atoms with Gasteiger partial charge in [0.05, 0.1) is 35.4 Å². The maximum atomic E-state index is 13.1. The fraction of sp³-hybridized carbons (Fsp3) is 0.348. The number of nitrogens with zero attached hydrogens (tertiary/aromatic N) is 2. The molecular weight excluding hydrogens is 423 g/mol. The van der Waals surface area contributed by atoms with Crippen molar-refractivity contribution in [2.45, 2.75) is 44.1 Å². The predicted molar refractivity (Wildman–Crippen MR) is 113 cm³/mol. The van der Waals surface area contributed by atoms with Crippen LogP contribution < -0.4 is 10.9 Å². The zero-order chi connectivity index (χ0) is 22.9. The van der Waals surface area contributed by atoms with Gasteiger partial charge in [-0.15, -0.1) is 0 Å². The van der Waals surface area contributed by atoms with E-state index in [1.54, 1.807) is 12.1 Å². The van der Waals surface area contributed by atoms with Crippen LogP contribution in [0.1, 0.15) is 24.8 Å². The largest absolute Gasteiger partial charge is 0.416 e. The van der Waals surface area contributed by atoms with E-state index in [0.29, 0.717) is 23.1 Å². The average Bonchev–Trinajstić information content (AvgIpc) is 2.77. The third-order valence-electron chi connectivity index (χ3n) is 5.69. The number of alkyl halides is 3. The van der Waals surface area contributed by atoms with E-state index in [4.69, 9.17) is 0 Å². The molecule has 9 heteroatoms. The van der Waals surface area contributed by atoms with E-state index in [0.717, 1.165) is 25.1 Å². The van der Waals surface area contributed by atoms with Crippen LogP contribution in [0.5, 0.6) is 0 Å². The summed E-state index contributed by atoms with van der Waals surface area (Å²) in [7, 11) is 0. The number of halogens is 3. The number of aliphatic hydroxyl groups is 1. The van der Waals surface area contributed by atoms with Crippen LogP contribution in [0.25, 0.3) is 22.0 Å². The molecule has 0 spiro atoms. The number of fused-ring (bicyclic) bond motifs is 1. The Morgan fingerprint density at radius 2 is 1.97 bits per heavy atom. The van der Waals surface area contributed by atoms with Crippen molar-refractivity contribution in [1.82, 2.24) is 14.9 Å². The molecule has 4 rings (SSSR count). The molecule has 3 aromatic rings. The summed E-state index contributed by atoms with van der Waals surface area (Å²) in [6, 6.07) is 9.20. The fourth-order valence-electron chi connectivity index (χ4n) is 3.97. The van der Waals surface area contributed by atoms with Crippen LogP contribution in [0.2, 0.25) is 0 Å². The molecule has 0 radical (unpaired) electrons. The molecule has 0 aliphatic carbocycles. The lowest BCUT2D eigenvalue weighted by Crippen LogP contribution is -2.46. The SMILES string of the molecule is O=C(C[C@H]1NCCC[C@@H]1O)Cn1cnc2ccc(-c3cccc(C(F)(F)F)c3)cc2c1=O. The van der Waals surface area contributed by atoms with Gasteiger partial charge in [-0.1, -0.05) is 18.2 Å². The van der Waals surface area contributed by atoms with Gasteiger partial charge in [0.25, 0.3) is 5.56 Å². The number of rotatable bonds is 5. The first-order valence-corrected chi connectivity index (χ1v) is 10.3. The minimum Gasteiger partial charge on any atom is -0.391 e. The average molecular weight is 445 g/mol. The van der Waals surface area contributed by atoms with E-state index in [-0.39, 0.29) is 30.2 Å². The Labute approximate surface area is 181 Å². The first kappa shape index (κ1) is 22.2. The molecule has 2 N–H and O–H groups in total. The standard InChI is InChI=1S/C23H22F3N3O3/c24-23(25,26)16-4-1-3-14(9-16)15-6-7-19-18(10-15)22(32)29(13-28-19)12-17(30)11-20-21(31)5-2-8-27-20/h1,3-4,6-7,9-10,13,20-21,27,31H,2,5,8,11-12H2/t20-,21+/m1/s1. The molecule has 2 aromatic carbocycles. The lowest BCUT2D eigenvalue weighted by atomic mass is 9.97. The number of piperidine rings is 1. The van der Waals surface area contributed by atoms with Gasteiger partial charge in [-0.25, -0.2) is 4.98 Å². The molecule has 0 bridgehead atoms. The number of ketones is 1. The fourth-order valence-corrected chi connectivity index (χ4v) is 3.97. The zero-order valence-electron chi connectivity index (χ0n) is 17.1. The second kappa shape index (κ2) is 8.84. The molecule has 0 unspecified atom stereocenters. The van der Waals surface area contributed by atoms with Crippen LogP contribution >= 0.6 is 0 Å². The van der Waals surface area contributed by atoms with Gasteiger partial charge in [0.1, 0.15) is 0 Å². The first-order chi connectivity index (χ1) is 15.2. The highest BCUT2D eigenvalue weighted by atomic mass is 19.4. The Morgan fingerprint density at radius 1 is 1.19 bits per heavy atom. The van der Waals surface area contributed by atoms with Crippen LogP contribution in [0.4, 0.5) is 13.2 Å². The molecule has 1 saturated heterocycles. The second-order valence-electron chi connectivity index (χ2n) is 8.00. The summed E-state index contributed by atoms with van der Waals surface area (Å²) >= 11 is 0. The summed E-state index contributed by atoms with van der Waals surface area (Å²) in [6.07, 6.45) is -2.22. The summed E-state index contributed by atoms with van der Waals surface area (Å²) in [5.74, 6) is -0.222. The zero-order valence-corrected chi connectivity index (χ0v) is 17.1. The topological polar surface area (TPSA) is 84.2 Å². The van der Waals surface area contributed by atoms with E-state index in [1.807, 2.05) is 0 Å². The molecule has 1 fully saturated rings. The predicted octanol–water partition coefficient (Wildman–Crippen LogP) is 3.15.